The molecule has 0 aliphatic rings. The van der Waals surface area contributed by atoms with Crippen LogP contribution in [0.5, 0.6) is 0 Å². The van der Waals surface area contributed by atoms with Gasteiger partial charge >= 0.3 is 5.88 Å². The molecule has 0 unspecified atom stereocenters. The number of nitrogens with zero attached hydrogens (tertiary/aromatic N) is 2. The van der Waals surface area contributed by atoms with E-state index in [1.807, 2.05) is 22.9 Å². The van der Waals surface area contributed by atoms with Crippen LogP contribution in [0.25, 0.3) is 10.6 Å². The maximum atomic E-state index is 11.9. The predicted molar refractivity (Wildman–Crippen MR) is 78.7 cm³/mol. The quantitative estimate of drug-likeness (QED) is 0.584. The summed E-state index contributed by atoms with van der Waals surface area (Å²) in [5, 5.41) is 17.2. The molecule has 7 nitrogen and oxygen atoms in total. The predicted octanol–water partition coefficient (Wildman–Crippen LogP) is 3.63. The molecule has 1 N–H and O–H groups in total. The third-order valence-electron chi connectivity index (χ3n) is 2.49. The van der Waals surface area contributed by atoms with Gasteiger partial charge in [-0.2, -0.15) is 0 Å². The number of thiazole rings is 1. The largest absolute Gasteiger partial charge is 0.433 e. The summed E-state index contributed by atoms with van der Waals surface area (Å²) in [7, 11) is 0. The third-order valence-corrected chi connectivity index (χ3v) is 4.14. The van der Waals surface area contributed by atoms with E-state index in [0.29, 0.717) is 5.13 Å². The highest BCUT2D eigenvalue weighted by molar-refractivity contribution is 7.16. The van der Waals surface area contributed by atoms with Crippen molar-refractivity contribution in [3.8, 4) is 10.6 Å². The van der Waals surface area contributed by atoms with Crippen molar-refractivity contribution < 1.29 is 14.1 Å². The summed E-state index contributed by atoms with van der Waals surface area (Å²) in [6.45, 7) is 0. The van der Waals surface area contributed by atoms with Crippen molar-refractivity contribution in [2.45, 2.75) is 0 Å². The van der Waals surface area contributed by atoms with Crippen molar-refractivity contribution in [2.75, 3.05) is 5.32 Å². The molecular formula is C12H7N3O4S2. The number of carbonyl (C=O) groups excluding carboxylic acids is 1. The number of nitrogens with one attached hydrogen (secondary N) is 1. The van der Waals surface area contributed by atoms with Crippen molar-refractivity contribution in [1.29, 1.82) is 0 Å². The van der Waals surface area contributed by atoms with Crippen molar-refractivity contribution >= 4 is 39.6 Å². The fraction of sp³-hybridized carbons (Fsp3) is 0. The molecule has 3 aromatic heterocycles. The van der Waals surface area contributed by atoms with E-state index in [1.54, 1.807) is 11.3 Å². The van der Waals surface area contributed by atoms with E-state index < -0.39 is 16.7 Å². The van der Waals surface area contributed by atoms with Gasteiger partial charge in [-0.05, 0) is 17.5 Å². The van der Waals surface area contributed by atoms with Gasteiger partial charge < -0.3 is 4.42 Å². The second kappa shape index (κ2) is 5.46. The lowest BCUT2D eigenvalue weighted by Gasteiger charge is -1.96. The highest BCUT2D eigenvalue weighted by Crippen LogP contribution is 2.28. The molecule has 9 heteroatoms. The Kier molecular flexibility index (Phi) is 3.50. The van der Waals surface area contributed by atoms with Gasteiger partial charge in [-0.3, -0.25) is 20.2 Å². The van der Waals surface area contributed by atoms with E-state index in [-0.39, 0.29) is 5.76 Å². The van der Waals surface area contributed by atoms with Crippen LogP contribution in [0.3, 0.4) is 0 Å². The average molecular weight is 321 g/mol. The number of furan rings is 1. The summed E-state index contributed by atoms with van der Waals surface area (Å²) in [5.41, 5.74) is 0.774. The number of thiophene rings is 1. The number of rotatable bonds is 4. The van der Waals surface area contributed by atoms with Crippen LogP contribution in [0, 0.1) is 10.1 Å². The molecule has 21 heavy (non-hydrogen) atoms. The number of aromatic nitrogens is 1. The van der Waals surface area contributed by atoms with E-state index in [2.05, 4.69) is 10.3 Å². The van der Waals surface area contributed by atoms with Crippen molar-refractivity contribution in [1.82, 2.24) is 4.98 Å². The monoisotopic (exact) mass is 321 g/mol. The van der Waals surface area contributed by atoms with Crippen LogP contribution in [-0.2, 0) is 0 Å². The molecule has 0 aliphatic heterocycles. The number of nitro groups is 1. The van der Waals surface area contributed by atoms with Crippen LogP contribution >= 0.6 is 22.7 Å². The summed E-state index contributed by atoms with van der Waals surface area (Å²) >= 11 is 2.82. The Bertz CT molecular complexity index is 791. The van der Waals surface area contributed by atoms with Crippen LogP contribution in [0.1, 0.15) is 10.6 Å². The number of hydrogen-bond acceptors (Lipinski definition) is 7. The van der Waals surface area contributed by atoms with Gasteiger partial charge in [0.25, 0.3) is 5.91 Å². The second-order valence-corrected chi connectivity index (χ2v) is 5.67. The lowest BCUT2D eigenvalue weighted by Crippen LogP contribution is -2.10. The Hall–Kier alpha value is -2.52. The Labute approximate surface area is 126 Å². The minimum atomic E-state index is -0.699. The molecule has 3 aromatic rings. The van der Waals surface area contributed by atoms with Gasteiger partial charge in [0.05, 0.1) is 16.6 Å². The molecule has 0 bridgehead atoms. The first-order valence-corrected chi connectivity index (χ1v) is 7.44. The maximum Gasteiger partial charge on any atom is 0.433 e. The number of hydrogen-bond donors (Lipinski definition) is 1. The van der Waals surface area contributed by atoms with E-state index in [9.17, 15) is 14.9 Å². The summed E-state index contributed by atoms with van der Waals surface area (Å²) in [6.07, 6.45) is 0. The van der Waals surface area contributed by atoms with E-state index in [4.69, 9.17) is 4.42 Å². The van der Waals surface area contributed by atoms with Gasteiger partial charge in [0.1, 0.15) is 4.92 Å². The highest BCUT2D eigenvalue weighted by Gasteiger charge is 2.18. The molecule has 1 amide bonds. The smallest absolute Gasteiger partial charge is 0.395 e. The Morgan fingerprint density at radius 2 is 2.19 bits per heavy atom. The van der Waals surface area contributed by atoms with Gasteiger partial charge in [-0.15, -0.1) is 22.7 Å². The standard InChI is InChI=1S/C12H7N3O4S2/c16-11(8-3-4-10(19-8)15(17)18)14-12-13-7(6-21-12)9-2-1-5-20-9/h1-6H,(H,13,14,16). The van der Waals surface area contributed by atoms with Crippen LogP contribution < -0.4 is 5.32 Å². The topological polar surface area (TPSA) is 98.3 Å². The maximum absolute atomic E-state index is 11.9. The number of anilines is 1. The van der Waals surface area contributed by atoms with Crippen molar-refractivity contribution in [2.24, 2.45) is 0 Å². The average Bonchev–Trinajstić information content (AvgIpc) is 3.19. The van der Waals surface area contributed by atoms with Crippen LogP contribution in [0.4, 0.5) is 11.0 Å². The molecule has 0 spiro atoms. The molecule has 0 fully saturated rings. The van der Waals surface area contributed by atoms with Crippen LogP contribution in [-0.4, -0.2) is 15.8 Å². The molecule has 3 rings (SSSR count). The first-order chi connectivity index (χ1) is 10.1. The Balaban J connectivity index is 1.74. The molecule has 0 saturated carbocycles. The zero-order valence-electron chi connectivity index (χ0n) is 10.3. The van der Waals surface area contributed by atoms with Gasteiger partial charge in [0.15, 0.2) is 10.9 Å². The zero-order valence-corrected chi connectivity index (χ0v) is 11.9. The Morgan fingerprint density at radius 3 is 2.86 bits per heavy atom. The lowest BCUT2D eigenvalue weighted by atomic mass is 10.4. The third kappa shape index (κ3) is 2.83. The van der Waals surface area contributed by atoms with Crippen LogP contribution in [0.2, 0.25) is 0 Å². The first-order valence-electron chi connectivity index (χ1n) is 5.68. The summed E-state index contributed by atoms with van der Waals surface area (Å²) in [6, 6.07) is 6.23. The van der Waals surface area contributed by atoms with Gasteiger partial charge in [-0.1, -0.05) is 6.07 Å². The summed E-state index contributed by atoms with van der Waals surface area (Å²) in [4.78, 5) is 27.0. The van der Waals surface area contributed by atoms with Crippen molar-refractivity contribution in [3.63, 3.8) is 0 Å². The minimum Gasteiger partial charge on any atom is -0.395 e. The normalized spacial score (nSPS) is 10.5. The fourth-order valence-corrected chi connectivity index (χ4v) is 3.04. The van der Waals surface area contributed by atoms with Gasteiger partial charge in [-0.25, -0.2) is 4.98 Å². The number of carbonyl (C=O) groups is 1. The SMILES string of the molecule is O=C(Nc1nc(-c2cccs2)cs1)c1ccc([N+](=O)[O-])o1. The van der Waals surface area contributed by atoms with Crippen LogP contribution in [0.15, 0.2) is 39.4 Å². The molecule has 0 aliphatic carbocycles. The molecule has 3 heterocycles. The summed E-state index contributed by atoms with van der Waals surface area (Å²) in [5.74, 6) is -1.18. The lowest BCUT2D eigenvalue weighted by molar-refractivity contribution is -0.402. The van der Waals surface area contributed by atoms with Crippen molar-refractivity contribution in [3.05, 3.63) is 50.9 Å². The fourth-order valence-electron chi connectivity index (χ4n) is 1.58. The molecule has 106 valence electrons. The molecule has 0 atom stereocenters. The second-order valence-electron chi connectivity index (χ2n) is 3.86. The van der Waals surface area contributed by atoms with Gasteiger partial charge in [0, 0.05) is 5.38 Å². The van der Waals surface area contributed by atoms with E-state index in [1.165, 1.54) is 17.4 Å². The van der Waals surface area contributed by atoms with Gasteiger partial charge in [0.2, 0.25) is 0 Å². The first kappa shape index (κ1) is 13.5. The van der Waals surface area contributed by atoms with E-state index in [0.717, 1.165) is 16.6 Å². The molecule has 0 radical (unpaired) electrons. The zero-order chi connectivity index (χ0) is 14.8. The number of amides is 1. The minimum absolute atomic E-state index is 0.130. The van der Waals surface area contributed by atoms with E-state index >= 15 is 0 Å². The summed E-state index contributed by atoms with van der Waals surface area (Å²) < 4.78 is 4.83. The Morgan fingerprint density at radius 1 is 1.33 bits per heavy atom. The molecule has 0 saturated heterocycles. The molecular weight excluding hydrogens is 314 g/mol. The highest BCUT2D eigenvalue weighted by atomic mass is 32.1. The molecule has 0 aromatic carbocycles.